The molecule has 1 atom stereocenters. The predicted molar refractivity (Wildman–Crippen MR) is 76.2 cm³/mol. The third kappa shape index (κ3) is 3.76. The lowest BCUT2D eigenvalue weighted by Crippen LogP contribution is -2.18. The van der Waals surface area contributed by atoms with Crippen LogP contribution in [-0.4, -0.2) is 6.54 Å². The summed E-state index contributed by atoms with van der Waals surface area (Å²) in [5, 5.41) is 3.40. The third-order valence-corrected chi connectivity index (χ3v) is 2.80. The van der Waals surface area contributed by atoms with Crippen LogP contribution in [0.5, 0.6) is 0 Å². The van der Waals surface area contributed by atoms with Gasteiger partial charge < -0.3 is 0 Å². The van der Waals surface area contributed by atoms with Gasteiger partial charge in [0.1, 0.15) is 0 Å². The van der Waals surface area contributed by atoms with Gasteiger partial charge in [-0.1, -0.05) is 60.4 Å². The van der Waals surface area contributed by atoms with Crippen LogP contribution in [0.4, 0.5) is 0 Å². The number of rotatable bonds is 3. The van der Waals surface area contributed by atoms with Crippen LogP contribution in [0.1, 0.15) is 24.1 Å². The summed E-state index contributed by atoms with van der Waals surface area (Å²) < 4.78 is 0. The van der Waals surface area contributed by atoms with Crippen molar-refractivity contribution in [3.63, 3.8) is 0 Å². The Bertz CT molecular complexity index is 520. The molecule has 0 aliphatic rings. The quantitative estimate of drug-likeness (QED) is 0.804. The SMILES string of the molecule is C[C@H](NCC#Cc1ccccc1)c1ccccc1. The molecule has 1 heteroatoms. The number of nitrogens with one attached hydrogen (secondary N) is 1. The normalized spacial score (nSPS) is 11.4. The van der Waals surface area contributed by atoms with Crippen molar-refractivity contribution in [3.05, 3.63) is 71.8 Å². The van der Waals surface area contributed by atoms with Crippen LogP contribution >= 0.6 is 0 Å². The Morgan fingerprint density at radius 3 is 2.22 bits per heavy atom. The molecule has 0 unspecified atom stereocenters. The van der Waals surface area contributed by atoms with E-state index in [0.29, 0.717) is 12.6 Å². The van der Waals surface area contributed by atoms with Crippen LogP contribution in [0.2, 0.25) is 0 Å². The van der Waals surface area contributed by atoms with E-state index in [-0.39, 0.29) is 0 Å². The lowest BCUT2D eigenvalue weighted by molar-refractivity contribution is 0.623. The van der Waals surface area contributed by atoms with Crippen LogP contribution in [0.25, 0.3) is 0 Å². The van der Waals surface area contributed by atoms with Crippen molar-refractivity contribution < 1.29 is 0 Å². The molecule has 0 bridgehead atoms. The van der Waals surface area contributed by atoms with E-state index in [2.05, 4.69) is 48.3 Å². The summed E-state index contributed by atoms with van der Waals surface area (Å²) in [5.41, 5.74) is 2.35. The molecule has 0 amide bonds. The predicted octanol–water partition coefficient (Wildman–Crippen LogP) is 3.39. The van der Waals surface area contributed by atoms with Crippen LogP contribution in [-0.2, 0) is 0 Å². The van der Waals surface area contributed by atoms with E-state index in [4.69, 9.17) is 0 Å². The summed E-state index contributed by atoms with van der Waals surface area (Å²) in [4.78, 5) is 0. The summed E-state index contributed by atoms with van der Waals surface area (Å²) in [6.07, 6.45) is 0. The number of hydrogen-bond donors (Lipinski definition) is 1. The fourth-order valence-corrected chi connectivity index (χ4v) is 1.73. The Kier molecular flexibility index (Phi) is 4.58. The number of hydrogen-bond acceptors (Lipinski definition) is 1. The van der Waals surface area contributed by atoms with Crippen molar-refractivity contribution in [3.8, 4) is 11.8 Å². The molecule has 0 saturated heterocycles. The molecule has 2 aromatic carbocycles. The first kappa shape index (κ1) is 12.4. The van der Waals surface area contributed by atoms with Gasteiger partial charge in [0.2, 0.25) is 0 Å². The average molecular weight is 235 g/mol. The summed E-state index contributed by atoms with van der Waals surface area (Å²) in [6.45, 7) is 2.85. The van der Waals surface area contributed by atoms with Crippen molar-refractivity contribution in [1.82, 2.24) is 5.32 Å². The maximum absolute atomic E-state index is 3.40. The minimum absolute atomic E-state index is 0.330. The lowest BCUT2D eigenvalue weighted by atomic mass is 10.1. The highest BCUT2D eigenvalue weighted by Crippen LogP contribution is 2.10. The highest BCUT2D eigenvalue weighted by Gasteiger charge is 2.00. The fourth-order valence-electron chi connectivity index (χ4n) is 1.73. The third-order valence-electron chi connectivity index (χ3n) is 2.80. The molecule has 2 rings (SSSR count). The van der Waals surface area contributed by atoms with Gasteiger partial charge in [-0.05, 0) is 24.6 Å². The van der Waals surface area contributed by atoms with Gasteiger partial charge in [-0.15, -0.1) is 0 Å². The van der Waals surface area contributed by atoms with Crippen molar-refractivity contribution in [2.45, 2.75) is 13.0 Å². The largest absolute Gasteiger partial charge is 0.300 e. The van der Waals surface area contributed by atoms with Gasteiger partial charge in [0, 0.05) is 11.6 Å². The molecular weight excluding hydrogens is 218 g/mol. The molecule has 0 heterocycles. The zero-order chi connectivity index (χ0) is 12.6. The minimum atomic E-state index is 0.330. The van der Waals surface area contributed by atoms with Gasteiger partial charge in [-0.25, -0.2) is 0 Å². The van der Waals surface area contributed by atoms with Gasteiger partial charge in [-0.3, -0.25) is 5.32 Å². The molecule has 0 aromatic heterocycles. The van der Waals surface area contributed by atoms with Gasteiger partial charge in [-0.2, -0.15) is 0 Å². The van der Waals surface area contributed by atoms with Crippen LogP contribution in [0.3, 0.4) is 0 Å². The Morgan fingerprint density at radius 2 is 1.56 bits per heavy atom. The van der Waals surface area contributed by atoms with Gasteiger partial charge in [0.25, 0.3) is 0 Å². The molecule has 0 aliphatic heterocycles. The first-order valence-electron chi connectivity index (χ1n) is 6.18. The summed E-state index contributed by atoms with van der Waals surface area (Å²) >= 11 is 0. The fraction of sp³-hybridized carbons (Fsp3) is 0.176. The first-order chi connectivity index (χ1) is 8.86. The zero-order valence-corrected chi connectivity index (χ0v) is 10.6. The second-order valence-electron chi connectivity index (χ2n) is 4.18. The van der Waals surface area contributed by atoms with E-state index in [0.717, 1.165) is 5.56 Å². The van der Waals surface area contributed by atoms with Crippen molar-refractivity contribution in [2.75, 3.05) is 6.54 Å². The van der Waals surface area contributed by atoms with Crippen LogP contribution < -0.4 is 5.32 Å². The monoisotopic (exact) mass is 235 g/mol. The van der Waals surface area contributed by atoms with Crippen LogP contribution in [0.15, 0.2) is 60.7 Å². The Labute approximate surface area is 109 Å². The second-order valence-corrected chi connectivity index (χ2v) is 4.18. The topological polar surface area (TPSA) is 12.0 Å². The summed E-state index contributed by atoms with van der Waals surface area (Å²) in [7, 11) is 0. The molecule has 18 heavy (non-hydrogen) atoms. The van der Waals surface area contributed by atoms with Crippen LogP contribution in [0, 0.1) is 11.8 Å². The smallest absolute Gasteiger partial charge is 0.0584 e. The molecule has 0 fully saturated rings. The highest BCUT2D eigenvalue weighted by atomic mass is 14.9. The molecule has 90 valence electrons. The van der Waals surface area contributed by atoms with E-state index in [1.807, 2.05) is 36.4 Å². The molecule has 0 radical (unpaired) electrons. The maximum atomic E-state index is 3.40. The van der Waals surface area contributed by atoms with Gasteiger partial charge >= 0.3 is 0 Å². The lowest BCUT2D eigenvalue weighted by Gasteiger charge is -2.11. The molecule has 0 spiro atoms. The maximum Gasteiger partial charge on any atom is 0.0584 e. The second kappa shape index (κ2) is 6.64. The van der Waals surface area contributed by atoms with Crippen molar-refractivity contribution in [1.29, 1.82) is 0 Å². The molecule has 1 N–H and O–H groups in total. The number of benzene rings is 2. The Balaban J connectivity index is 1.85. The van der Waals surface area contributed by atoms with Crippen molar-refractivity contribution in [2.24, 2.45) is 0 Å². The van der Waals surface area contributed by atoms with E-state index in [9.17, 15) is 0 Å². The average Bonchev–Trinajstić information content (AvgIpc) is 2.45. The summed E-state index contributed by atoms with van der Waals surface area (Å²) in [6, 6.07) is 20.8. The Hall–Kier alpha value is -2.04. The zero-order valence-electron chi connectivity index (χ0n) is 10.6. The van der Waals surface area contributed by atoms with E-state index >= 15 is 0 Å². The van der Waals surface area contributed by atoms with E-state index in [1.54, 1.807) is 0 Å². The summed E-state index contributed by atoms with van der Waals surface area (Å²) in [5.74, 6) is 6.28. The minimum Gasteiger partial charge on any atom is -0.300 e. The first-order valence-corrected chi connectivity index (χ1v) is 6.18. The Morgan fingerprint density at radius 1 is 0.944 bits per heavy atom. The van der Waals surface area contributed by atoms with E-state index in [1.165, 1.54) is 5.56 Å². The van der Waals surface area contributed by atoms with Gasteiger partial charge in [0.05, 0.1) is 6.54 Å². The molecule has 0 saturated carbocycles. The van der Waals surface area contributed by atoms with E-state index < -0.39 is 0 Å². The molecule has 2 aromatic rings. The standard InChI is InChI=1S/C17H17N/c1-15(17-12-6-3-7-13-17)18-14-8-11-16-9-4-2-5-10-16/h2-7,9-10,12-13,15,18H,14H2,1H3/t15-/m0/s1. The molecule has 0 aliphatic carbocycles. The van der Waals surface area contributed by atoms with Crippen molar-refractivity contribution >= 4 is 0 Å². The van der Waals surface area contributed by atoms with Gasteiger partial charge in [0.15, 0.2) is 0 Å². The highest BCUT2D eigenvalue weighted by molar-refractivity contribution is 5.33. The molecule has 1 nitrogen and oxygen atoms in total. The molecular formula is C17H17N.